The van der Waals surface area contributed by atoms with E-state index in [1.54, 1.807) is 0 Å². The second kappa shape index (κ2) is 7.26. The van der Waals surface area contributed by atoms with Gasteiger partial charge in [0.1, 0.15) is 12.7 Å². The molecule has 0 unspecified atom stereocenters. The summed E-state index contributed by atoms with van der Waals surface area (Å²) in [7, 11) is 0. The minimum Gasteiger partial charge on any atom is -0.474 e. The predicted molar refractivity (Wildman–Crippen MR) is 81.7 cm³/mol. The minimum atomic E-state index is -0.686. The van der Waals surface area contributed by atoms with Crippen molar-refractivity contribution in [1.82, 2.24) is 10.3 Å². The van der Waals surface area contributed by atoms with Gasteiger partial charge < -0.3 is 20.9 Å². The molecular weight excluding hydrogens is 298 g/mol. The quantitative estimate of drug-likeness (QED) is 0.651. The van der Waals surface area contributed by atoms with Crippen LogP contribution in [0.1, 0.15) is 30.4 Å². The molecule has 1 heterocycles. The van der Waals surface area contributed by atoms with Gasteiger partial charge in [-0.05, 0) is 27.0 Å². The predicted octanol–water partition coefficient (Wildman–Crippen LogP) is 1.09. The average molecular weight is 319 g/mol. The van der Waals surface area contributed by atoms with E-state index < -0.39 is 12.0 Å². The smallest absolute Gasteiger partial charge is 0.264 e. The number of carbonyl (C=O) groups is 1. The fourth-order valence-corrected chi connectivity index (χ4v) is 2.64. The molecular formula is C12H21N3O3S2. The summed E-state index contributed by atoms with van der Waals surface area (Å²) in [6.07, 6.45) is 1.17. The third kappa shape index (κ3) is 5.66. The average Bonchev–Trinajstić information content (AvgIpc) is 2.76. The van der Waals surface area contributed by atoms with Crippen molar-refractivity contribution in [2.24, 2.45) is 5.73 Å². The number of aliphatic hydroxyl groups is 1. The Hall–Kier alpha value is -0.830. The number of aromatic nitrogens is 1. The highest BCUT2D eigenvalue weighted by molar-refractivity contribution is 8.00. The van der Waals surface area contributed by atoms with Crippen molar-refractivity contribution in [3.63, 3.8) is 0 Å². The lowest BCUT2D eigenvalue weighted by Gasteiger charge is -2.22. The van der Waals surface area contributed by atoms with Gasteiger partial charge in [-0.25, -0.2) is 0 Å². The van der Waals surface area contributed by atoms with Gasteiger partial charge in [-0.2, -0.15) is 4.98 Å². The number of nitrogens with zero attached hydrogens (tertiary/aromatic N) is 1. The second-order valence-electron chi connectivity index (χ2n) is 5.28. The fourth-order valence-electron chi connectivity index (χ4n) is 1.29. The van der Waals surface area contributed by atoms with Crippen LogP contribution in [-0.2, 0) is 0 Å². The summed E-state index contributed by atoms with van der Waals surface area (Å²) in [6, 6.07) is 0. The summed E-state index contributed by atoms with van der Waals surface area (Å²) in [5.74, 6) is -0.373. The molecule has 114 valence electrons. The van der Waals surface area contributed by atoms with Crippen molar-refractivity contribution in [2.75, 3.05) is 19.4 Å². The number of ether oxygens (including phenoxy) is 1. The monoisotopic (exact) mass is 319 g/mol. The van der Waals surface area contributed by atoms with E-state index in [9.17, 15) is 9.90 Å². The fraction of sp³-hybridized carbons (Fsp3) is 0.667. The van der Waals surface area contributed by atoms with E-state index in [1.807, 2.05) is 27.0 Å². The Labute approximate surface area is 127 Å². The summed E-state index contributed by atoms with van der Waals surface area (Å²) in [4.78, 5) is 15.7. The molecule has 0 radical (unpaired) electrons. The zero-order valence-electron chi connectivity index (χ0n) is 12.1. The maximum Gasteiger partial charge on any atom is 0.264 e. The first-order valence-corrected chi connectivity index (χ1v) is 8.17. The standard InChI is InChI=1S/C12H21N3O3S2/c1-12(2,3)14-5-7(16)6-18-10-8(9(13)17)20-11(15-10)19-4/h7,14,16H,5-6H2,1-4H3,(H2,13,17)/t7-/m0/s1. The first kappa shape index (κ1) is 17.2. The molecule has 0 spiro atoms. The summed E-state index contributed by atoms with van der Waals surface area (Å²) in [5.41, 5.74) is 5.19. The van der Waals surface area contributed by atoms with Crippen molar-refractivity contribution < 1.29 is 14.6 Å². The maximum atomic E-state index is 11.3. The van der Waals surface area contributed by atoms with Gasteiger partial charge >= 0.3 is 0 Å². The van der Waals surface area contributed by atoms with Crippen LogP contribution in [0, 0.1) is 0 Å². The van der Waals surface area contributed by atoms with Crippen LogP contribution in [0.5, 0.6) is 5.88 Å². The Balaban J connectivity index is 2.56. The molecule has 1 amide bonds. The summed E-state index contributed by atoms with van der Waals surface area (Å²) in [5, 5.41) is 13.0. The number of thioether (sulfide) groups is 1. The Bertz CT molecular complexity index is 457. The van der Waals surface area contributed by atoms with Crippen LogP contribution in [0.2, 0.25) is 0 Å². The molecule has 20 heavy (non-hydrogen) atoms. The molecule has 1 aromatic heterocycles. The van der Waals surface area contributed by atoms with Crippen molar-refractivity contribution in [3.8, 4) is 5.88 Å². The largest absolute Gasteiger partial charge is 0.474 e. The molecule has 0 aromatic carbocycles. The highest BCUT2D eigenvalue weighted by Crippen LogP contribution is 2.30. The van der Waals surface area contributed by atoms with E-state index in [4.69, 9.17) is 10.5 Å². The van der Waals surface area contributed by atoms with E-state index >= 15 is 0 Å². The zero-order valence-corrected chi connectivity index (χ0v) is 13.7. The van der Waals surface area contributed by atoms with Crippen molar-refractivity contribution in [1.29, 1.82) is 0 Å². The number of primary amides is 1. The first-order chi connectivity index (χ1) is 9.23. The highest BCUT2D eigenvalue weighted by Gasteiger charge is 2.19. The Morgan fingerprint density at radius 3 is 2.75 bits per heavy atom. The number of nitrogens with two attached hydrogens (primary N) is 1. The summed E-state index contributed by atoms with van der Waals surface area (Å²) >= 11 is 2.61. The lowest BCUT2D eigenvalue weighted by Crippen LogP contribution is -2.42. The summed E-state index contributed by atoms with van der Waals surface area (Å²) < 4.78 is 6.11. The number of nitrogens with one attached hydrogen (secondary N) is 1. The molecule has 0 saturated heterocycles. The number of aliphatic hydroxyl groups excluding tert-OH is 1. The van der Waals surface area contributed by atoms with E-state index in [0.29, 0.717) is 10.9 Å². The van der Waals surface area contributed by atoms with Crippen LogP contribution in [0.3, 0.4) is 0 Å². The first-order valence-electron chi connectivity index (χ1n) is 6.13. The van der Waals surface area contributed by atoms with Crippen molar-refractivity contribution in [2.45, 2.75) is 36.8 Å². The molecule has 6 nitrogen and oxygen atoms in total. The third-order valence-electron chi connectivity index (χ3n) is 2.26. The molecule has 0 aliphatic heterocycles. The Kier molecular flexibility index (Phi) is 6.25. The maximum absolute atomic E-state index is 11.3. The van der Waals surface area contributed by atoms with Gasteiger partial charge in [-0.1, -0.05) is 23.1 Å². The summed E-state index contributed by atoms with van der Waals surface area (Å²) in [6.45, 7) is 6.49. The van der Waals surface area contributed by atoms with Gasteiger partial charge in [0, 0.05) is 12.1 Å². The number of β-amino-alcohol motifs (C(OH)–C–C–N with tert-alkyl or cyclic N) is 1. The lowest BCUT2D eigenvalue weighted by molar-refractivity contribution is 0.0933. The Morgan fingerprint density at radius 2 is 2.25 bits per heavy atom. The molecule has 0 bridgehead atoms. The lowest BCUT2D eigenvalue weighted by atomic mass is 10.1. The number of thiazole rings is 1. The number of rotatable bonds is 7. The molecule has 4 N–H and O–H groups in total. The van der Waals surface area contributed by atoms with Crippen molar-refractivity contribution in [3.05, 3.63) is 4.88 Å². The second-order valence-corrected chi connectivity index (χ2v) is 7.33. The van der Waals surface area contributed by atoms with Gasteiger partial charge in [0.05, 0.1) is 0 Å². The molecule has 0 saturated carbocycles. The normalized spacial score (nSPS) is 13.2. The number of hydrogen-bond acceptors (Lipinski definition) is 7. The molecule has 0 aliphatic rings. The van der Waals surface area contributed by atoms with Crippen LogP contribution in [-0.4, -0.2) is 47.0 Å². The van der Waals surface area contributed by atoms with Crippen LogP contribution in [0.15, 0.2) is 4.34 Å². The molecule has 1 aromatic rings. The van der Waals surface area contributed by atoms with Crippen LogP contribution >= 0.6 is 23.1 Å². The SMILES string of the molecule is CSc1nc(OC[C@@H](O)CNC(C)(C)C)c(C(N)=O)s1. The van der Waals surface area contributed by atoms with Gasteiger partial charge in [0.25, 0.3) is 5.91 Å². The molecule has 0 aliphatic carbocycles. The minimum absolute atomic E-state index is 0.0565. The highest BCUT2D eigenvalue weighted by atomic mass is 32.2. The molecule has 8 heteroatoms. The third-order valence-corrected chi connectivity index (χ3v) is 4.29. The van der Waals surface area contributed by atoms with Crippen molar-refractivity contribution >= 4 is 29.0 Å². The van der Waals surface area contributed by atoms with Gasteiger partial charge in [-0.3, -0.25) is 4.79 Å². The van der Waals surface area contributed by atoms with E-state index in [0.717, 1.165) is 0 Å². The van der Waals surface area contributed by atoms with Crippen LogP contribution in [0.4, 0.5) is 0 Å². The molecule has 0 fully saturated rings. The van der Waals surface area contributed by atoms with Crippen LogP contribution < -0.4 is 15.8 Å². The number of hydrogen-bond donors (Lipinski definition) is 3. The topological polar surface area (TPSA) is 97.5 Å². The van der Waals surface area contributed by atoms with Gasteiger partial charge in [-0.15, -0.1) is 0 Å². The van der Waals surface area contributed by atoms with E-state index in [-0.39, 0.29) is 22.9 Å². The molecule has 1 atom stereocenters. The zero-order chi connectivity index (χ0) is 15.3. The number of amides is 1. The van der Waals surface area contributed by atoms with E-state index in [1.165, 1.54) is 23.1 Å². The number of carbonyl (C=O) groups excluding carboxylic acids is 1. The van der Waals surface area contributed by atoms with Gasteiger partial charge in [0.15, 0.2) is 9.22 Å². The van der Waals surface area contributed by atoms with Gasteiger partial charge in [0.2, 0.25) is 5.88 Å². The Morgan fingerprint density at radius 1 is 1.60 bits per heavy atom. The van der Waals surface area contributed by atoms with Crippen LogP contribution in [0.25, 0.3) is 0 Å². The van der Waals surface area contributed by atoms with E-state index in [2.05, 4.69) is 10.3 Å². The molecule has 1 rings (SSSR count).